The van der Waals surface area contributed by atoms with Gasteiger partial charge in [-0.05, 0) is 59.8 Å². The molecule has 1 aromatic heterocycles. The molecule has 2 N–H and O–H groups in total. The summed E-state index contributed by atoms with van der Waals surface area (Å²) in [4.78, 5) is 12.4. The molecule has 0 atom stereocenters. The van der Waals surface area contributed by atoms with E-state index in [1.165, 1.54) is 6.07 Å². The quantitative estimate of drug-likeness (QED) is 0.583. The van der Waals surface area contributed by atoms with Crippen LogP contribution in [0.4, 0.5) is 5.69 Å². The van der Waals surface area contributed by atoms with Crippen molar-refractivity contribution in [1.82, 2.24) is 5.32 Å². The van der Waals surface area contributed by atoms with E-state index in [4.69, 9.17) is 9.47 Å². The zero-order valence-electron chi connectivity index (χ0n) is 16.0. The van der Waals surface area contributed by atoms with Crippen LogP contribution in [-0.2, 0) is 16.4 Å². The molecule has 2 heterocycles. The van der Waals surface area contributed by atoms with Crippen LogP contribution in [0.5, 0.6) is 11.5 Å². The minimum absolute atomic E-state index is 0.222. The Morgan fingerprint density at radius 3 is 2.50 bits per heavy atom. The van der Waals surface area contributed by atoms with Crippen molar-refractivity contribution >= 4 is 33.0 Å². The van der Waals surface area contributed by atoms with Crippen LogP contribution in [-0.4, -0.2) is 34.1 Å². The summed E-state index contributed by atoms with van der Waals surface area (Å²) in [5.74, 6) is 1.25. The summed E-state index contributed by atoms with van der Waals surface area (Å²) in [6.07, 6.45) is 0.654. The lowest BCUT2D eigenvalue weighted by molar-refractivity contribution is 0.0954. The van der Waals surface area contributed by atoms with E-state index in [2.05, 4.69) is 10.0 Å². The van der Waals surface area contributed by atoms with Gasteiger partial charge in [-0.3, -0.25) is 9.52 Å². The Morgan fingerprint density at radius 1 is 1.00 bits per heavy atom. The maximum absolute atomic E-state index is 12.4. The van der Waals surface area contributed by atoms with Gasteiger partial charge in [0.15, 0.2) is 11.5 Å². The second kappa shape index (κ2) is 8.76. The van der Waals surface area contributed by atoms with Gasteiger partial charge in [-0.15, -0.1) is 11.3 Å². The number of thiophene rings is 1. The molecule has 1 aliphatic rings. The minimum Gasteiger partial charge on any atom is -0.486 e. The number of hydrogen-bond donors (Lipinski definition) is 2. The molecule has 0 bridgehead atoms. The summed E-state index contributed by atoms with van der Waals surface area (Å²) >= 11 is 1.14. The van der Waals surface area contributed by atoms with Crippen LogP contribution < -0.4 is 19.5 Å². The summed E-state index contributed by atoms with van der Waals surface area (Å²) in [5.41, 5.74) is 1.89. The maximum atomic E-state index is 12.4. The Kier molecular flexibility index (Phi) is 5.91. The zero-order valence-corrected chi connectivity index (χ0v) is 17.6. The van der Waals surface area contributed by atoms with Crippen molar-refractivity contribution in [3.05, 3.63) is 71.1 Å². The van der Waals surface area contributed by atoms with Gasteiger partial charge in [-0.2, -0.15) is 0 Å². The number of fused-ring (bicyclic) bond motifs is 1. The van der Waals surface area contributed by atoms with E-state index in [0.717, 1.165) is 28.4 Å². The van der Waals surface area contributed by atoms with Gasteiger partial charge >= 0.3 is 0 Å². The molecule has 0 saturated heterocycles. The molecule has 0 spiro atoms. The predicted molar refractivity (Wildman–Crippen MR) is 115 cm³/mol. The first-order valence-corrected chi connectivity index (χ1v) is 11.7. The number of hydrogen-bond acceptors (Lipinski definition) is 6. The predicted octanol–water partition coefficient (Wildman–Crippen LogP) is 3.29. The molecule has 9 heteroatoms. The van der Waals surface area contributed by atoms with Crippen LogP contribution in [0.1, 0.15) is 15.9 Å². The van der Waals surface area contributed by atoms with E-state index < -0.39 is 10.0 Å². The van der Waals surface area contributed by atoms with Gasteiger partial charge in [0.25, 0.3) is 15.9 Å². The van der Waals surface area contributed by atoms with Gasteiger partial charge in [0.05, 0.1) is 0 Å². The number of carbonyl (C=O) groups is 1. The highest BCUT2D eigenvalue weighted by Gasteiger charge is 2.15. The van der Waals surface area contributed by atoms with Gasteiger partial charge in [-0.25, -0.2) is 8.42 Å². The number of rotatable bonds is 7. The molecule has 7 nitrogen and oxygen atoms in total. The number of carbonyl (C=O) groups excluding carboxylic acids is 1. The van der Waals surface area contributed by atoms with Gasteiger partial charge in [-0.1, -0.05) is 12.1 Å². The van der Waals surface area contributed by atoms with E-state index in [-0.39, 0.29) is 10.1 Å². The van der Waals surface area contributed by atoms with Crippen LogP contribution in [0, 0.1) is 0 Å². The van der Waals surface area contributed by atoms with Gasteiger partial charge < -0.3 is 14.8 Å². The van der Waals surface area contributed by atoms with Crippen molar-refractivity contribution in [3.63, 3.8) is 0 Å². The first-order valence-electron chi connectivity index (χ1n) is 9.34. The Hall–Kier alpha value is -3.04. The standard InChI is InChI=1S/C21H20N2O5S2/c24-21(22-10-9-15-3-8-18-19(14-15)28-12-11-27-18)16-4-6-17(7-5-16)23-30(25,26)20-2-1-13-29-20/h1-8,13-14,23H,9-12H2,(H,22,24). The Balaban J connectivity index is 1.31. The van der Waals surface area contributed by atoms with E-state index in [0.29, 0.717) is 37.4 Å². The number of sulfonamides is 1. The first kappa shape index (κ1) is 20.2. The fraction of sp³-hybridized carbons (Fsp3) is 0.190. The smallest absolute Gasteiger partial charge is 0.271 e. The number of ether oxygens (including phenoxy) is 2. The summed E-state index contributed by atoms with van der Waals surface area (Å²) in [7, 11) is -3.61. The van der Waals surface area contributed by atoms with E-state index in [1.54, 1.807) is 35.7 Å². The fourth-order valence-electron chi connectivity index (χ4n) is 2.98. The topological polar surface area (TPSA) is 93.7 Å². The fourth-order valence-corrected chi connectivity index (χ4v) is 5.03. The SMILES string of the molecule is O=C(NCCc1ccc2c(c1)OCCO2)c1ccc(NS(=O)(=O)c2cccs2)cc1. The molecule has 1 aliphatic heterocycles. The molecule has 2 aromatic carbocycles. The largest absolute Gasteiger partial charge is 0.486 e. The van der Waals surface area contributed by atoms with Crippen molar-refractivity contribution in [1.29, 1.82) is 0 Å². The first-order chi connectivity index (χ1) is 14.5. The summed E-state index contributed by atoms with van der Waals surface area (Å²) in [5, 5.41) is 4.57. The van der Waals surface area contributed by atoms with Gasteiger partial charge in [0.2, 0.25) is 0 Å². The molecule has 4 rings (SSSR count). The van der Waals surface area contributed by atoms with E-state index in [1.807, 2.05) is 18.2 Å². The lowest BCUT2D eigenvalue weighted by atomic mass is 10.1. The van der Waals surface area contributed by atoms with Crippen molar-refractivity contribution in [2.24, 2.45) is 0 Å². The molecule has 0 aliphatic carbocycles. The maximum Gasteiger partial charge on any atom is 0.271 e. The van der Waals surface area contributed by atoms with Crippen molar-refractivity contribution in [2.75, 3.05) is 24.5 Å². The molecular formula is C21H20N2O5S2. The third-order valence-corrected chi connectivity index (χ3v) is 7.24. The molecule has 0 fully saturated rings. The Morgan fingerprint density at radius 2 is 1.77 bits per heavy atom. The molecule has 0 saturated carbocycles. The van der Waals surface area contributed by atoms with Crippen molar-refractivity contribution < 1.29 is 22.7 Å². The van der Waals surface area contributed by atoms with Crippen molar-refractivity contribution in [2.45, 2.75) is 10.6 Å². The second-order valence-corrected chi connectivity index (χ2v) is 9.46. The molecule has 0 radical (unpaired) electrons. The molecule has 30 heavy (non-hydrogen) atoms. The third kappa shape index (κ3) is 4.74. The van der Waals surface area contributed by atoms with Crippen LogP contribution in [0.2, 0.25) is 0 Å². The Bertz CT molecular complexity index is 1130. The highest BCUT2D eigenvalue weighted by molar-refractivity contribution is 7.94. The summed E-state index contributed by atoms with van der Waals surface area (Å²) in [6.45, 7) is 1.55. The normalized spacial score (nSPS) is 12.9. The molecule has 0 unspecified atom stereocenters. The highest BCUT2D eigenvalue weighted by atomic mass is 32.2. The summed E-state index contributed by atoms with van der Waals surface area (Å²) in [6, 6.07) is 15.3. The lowest BCUT2D eigenvalue weighted by Crippen LogP contribution is -2.25. The number of amides is 1. The average molecular weight is 445 g/mol. The zero-order chi connectivity index (χ0) is 21.0. The minimum atomic E-state index is -3.61. The van der Waals surface area contributed by atoms with Gasteiger partial charge in [0.1, 0.15) is 17.4 Å². The molecule has 1 amide bonds. The monoisotopic (exact) mass is 444 g/mol. The van der Waals surface area contributed by atoms with E-state index in [9.17, 15) is 13.2 Å². The van der Waals surface area contributed by atoms with Crippen LogP contribution in [0.15, 0.2) is 64.2 Å². The van der Waals surface area contributed by atoms with Crippen molar-refractivity contribution in [3.8, 4) is 11.5 Å². The van der Waals surface area contributed by atoms with Crippen LogP contribution in [0.3, 0.4) is 0 Å². The van der Waals surface area contributed by atoms with E-state index >= 15 is 0 Å². The Labute approximate surface area is 178 Å². The van der Waals surface area contributed by atoms with Crippen LogP contribution >= 0.6 is 11.3 Å². The molecule has 3 aromatic rings. The number of benzene rings is 2. The lowest BCUT2D eigenvalue weighted by Gasteiger charge is -2.18. The second-order valence-electron chi connectivity index (χ2n) is 6.60. The average Bonchev–Trinajstić information content (AvgIpc) is 3.30. The van der Waals surface area contributed by atoms with Crippen LogP contribution in [0.25, 0.3) is 0 Å². The molecular weight excluding hydrogens is 424 g/mol. The third-order valence-electron chi connectivity index (χ3n) is 4.47. The summed E-state index contributed by atoms with van der Waals surface area (Å²) < 4.78 is 38.3. The molecule has 156 valence electrons. The highest BCUT2D eigenvalue weighted by Crippen LogP contribution is 2.30. The van der Waals surface area contributed by atoms with Gasteiger partial charge in [0, 0.05) is 17.8 Å². The number of nitrogens with one attached hydrogen (secondary N) is 2. The number of anilines is 1.